The van der Waals surface area contributed by atoms with Crippen molar-refractivity contribution in [2.45, 2.75) is 26.4 Å². The fraction of sp³-hybridized carbons (Fsp3) is 0.562. The summed E-state index contributed by atoms with van der Waals surface area (Å²) in [4.78, 5) is 26.4. The lowest BCUT2D eigenvalue weighted by Crippen LogP contribution is -2.40. The summed E-state index contributed by atoms with van der Waals surface area (Å²) in [6, 6.07) is 4.13. The van der Waals surface area contributed by atoms with E-state index >= 15 is 0 Å². The summed E-state index contributed by atoms with van der Waals surface area (Å²) in [7, 11) is 5.19. The van der Waals surface area contributed by atoms with Crippen molar-refractivity contribution in [2.75, 3.05) is 39.2 Å². The molecule has 0 aromatic heterocycles. The van der Waals surface area contributed by atoms with Gasteiger partial charge in [0.05, 0.1) is 17.7 Å². The largest absolute Gasteiger partial charge is 0.495 e. The van der Waals surface area contributed by atoms with Crippen molar-refractivity contribution < 1.29 is 19.2 Å². The number of carbonyl (C=O) groups is 1. The Hall–Kier alpha value is -2.35. The molecule has 1 aromatic rings. The lowest BCUT2D eigenvalue weighted by atomic mass is 10.2. The van der Waals surface area contributed by atoms with E-state index in [-0.39, 0.29) is 5.69 Å². The summed E-state index contributed by atoms with van der Waals surface area (Å²) in [6.07, 6.45) is -0.580. The molecular formula is C16H25N3O5. The number of hydrogen-bond acceptors (Lipinski definition) is 6. The van der Waals surface area contributed by atoms with Gasteiger partial charge in [0.25, 0.3) is 5.69 Å². The Morgan fingerprint density at radius 1 is 1.25 bits per heavy atom. The maximum Gasteiger partial charge on any atom is 0.414 e. The van der Waals surface area contributed by atoms with E-state index in [9.17, 15) is 14.9 Å². The fourth-order valence-electron chi connectivity index (χ4n) is 1.93. The zero-order chi connectivity index (χ0) is 18.5. The van der Waals surface area contributed by atoms with Crippen molar-refractivity contribution in [1.82, 2.24) is 4.90 Å². The van der Waals surface area contributed by atoms with Gasteiger partial charge in [-0.25, -0.2) is 4.79 Å². The Bertz CT molecular complexity index is 596. The van der Waals surface area contributed by atoms with Crippen molar-refractivity contribution in [3.63, 3.8) is 0 Å². The van der Waals surface area contributed by atoms with Gasteiger partial charge >= 0.3 is 6.09 Å². The molecule has 0 aliphatic heterocycles. The monoisotopic (exact) mass is 339 g/mol. The average Bonchev–Trinajstić information content (AvgIpc) is 2.44. The second kappa shape index (κ2) is 7.96. The van der Waals surface area contributed by atoms with E-state index in [1.165, 1.54) is 30.2 Å². The molecule has 0 atom stereocenters. The molecule has 24 heavy (non-hydrogen) atoms. The van der Waals surface area contributed by atoms with Gasteiger partial charge in [0.2, 0.25) is 0 Å². The SMILES string of the molecule is COc1ccc([N+](=O)[O-])cc1N(CCN(C)C)C(=O)OC(C)(C)C. The van der Waals surface area contributed by atoms with E-state index in [0.717, 1.165) is 0 Å². The zero-order valence-electron chi connectivity index (χ0n) is 15.0. The van der Waals surface area contributed by atoms with Gasteiger partial charge in [-0.2, -0.15) is 0 Å². The lowest BCUT2D eigenvalue weighted by molar-refractivity contribution is -0.384. The van der Waals surface area contributed by atoms with Gasteiger partial charge in [-0.05, 0) is 40.9 Å². The number of hydrogen-bond donors (Lipinski definition) is 0. The van der Waals surface area contributed by atoms with E-state index < -0.39 is 16.6 Å². The average molecular weight is 339 g/mol. The predicted molar refractivity (Wildman–Crippen MR) is 91.8 cm³/mol. The quantitative estimate of drug-likeness (QED) is 0.585. The zero-order valence-corrected chi connectivity index (χ0v) is 15.0. The van der Waals surface area contributed by atoms with Gasteiger partial charge in [-0.15, -0.1) is 0 Å². The number of amides is 1. The standard InChI is InChI=1S/C16H25N3O5/c1-16(2,3)24-15(20)18(10-9-17(4)5)13-11-12(19(21)22)7-8-14(13)23-6/h7-8,11H,9-10H2,1-6H3. The van der Waals surface area contributed by atoms with Crippen LogP contribution >= 0.6 is 0 Å². The van der Waals surface area contributed by atoms with Gasteiger partial charge in [-0.1, -0.05) is 0 Å². The Kier molecular flexibility index (Phi) is 6.53. The molecule has 0 aliphatic rings. The Labute approximate surface area is 142 Å². The molecule has 0 fully saturated rings. The van der Waals surface area contributed by atoms with Crippen LogP contribution in [0.15, 0.2) is 18.2 Å². The second-order valence-electron chi connectivity index (χ2n) is 6.55. The minimum atomic E-state index is -0.679. The third-order valence-electron chi connectivity index (χ3n) is 3.05. The minimum absolute atomic E-state index is 0.121. The van der Waals surface area contributed by atoms with Crippen molar-refractivity contribution in [3.8, 4) is 5.75 Å². The molecule has 1 rings (SSSR count). The van der Waals surface area contributed by atoms with Gasteiger partial charge in [0.1, 0.15) is 11.4 Å². The molecule has 0 saturated heterocycles. The molecule has 134 valence electrons. The molecule has 0 bridgehead atoms. The van der Waals surface area contributed by atoms with Crippen LogP contribution in [0.2, 0.25) is 0 Å². The maximum absolute atomic E-state index is 12.6. The number of anilines is 1. The topological polar surface area (TPSA) is 85.2 Å². The van der Waals surface area contributed by atoms with Gasteiger partial charge < -0.3 is 14.4 Å². The van der Waals surface area contributed by atoms with Gasteiger partial charge in [0.15, 0.2) is 0 Å². The number of non-ortho nitro benzene ring substituents is 1. The number of benzene rings is 1. The highest BCUT2D eigenvalue weighted by Gasteiger charge is 2.27. The van der Waals surface area contributed by atoms with Gasteiger partial charge in [0, 0.05) is 25.2 Å². The number of rotatable bonds is 6. The third kappa shape index (κ3) is 5.69. The molecule has 0 heterocycles. The molecule has 8 nitrogen and oxygen atoms in total. The second-order valence-corrected chi connectivity index (χ2v) is 6.55. The summed E-state index contributed by atoms with van der Waals surface area (Å²) in [5, 5.41) is 11.1. The number of nitro benzene ring substituents is 1. The van der Waals surface area contributed by atoms with E-state index in [4.69, 9.17) is 9.47 Å². The molecule has 8 heteroatoms. The highest BCUT2D eigenvalue weighted by atomic mass is 16.6. The summed E-state index contributed by atoms with van der Waals surface area (Å²) in [6.45, 7) is 6.16. The van der Waals surface area contributed by atoms with Crippen molar-refractivity contribution >= 4 is 17.5 Å². The molecule has 0 aliphatic carbocycles. The summed E-state index contributed by atoms with van der Waals surface area (Å²) in [5.74, 6) is 0.366. The number of nitrogens with zero attached hydrogens (tertiary/aromatic N) is 3. The highest BCUT2D eigenvalue weighted by molar-refractivity contribution is 5.90. The molecule has 0 N–H and O–H groups in total. The molecular weight excluding hydrogens is 314 g/mol. The summed E-state index contributed by atoms with van der Waals surface area (Å²) >= 11 is 0. The van der Waals surface area contributed by atoms with Crippen LogP contribution < -0.4 is 9.64 Å². The van der Waals surface area contributed by atoms with Gasteiger partial charge in [-0.3, -0.25) is 15.0 Å². The van der Waals surface area contributed by atoms with Crippen LogP contribution in [0.1, 0.15) is 20.8 Å². The van der Waals surface area contributed by atoms with E-state index in [0.29, 0.717) is 24.5 Å². The summed E-state index contributed by atoms with van der Waals surface area (Å²) in [5.41, 5.74) is -0.492. The maximum atomic E-state index is 12.6. The molecule has 1 aromatic carbocycles. The highest BCUT2D eigenvalue weighted by Crippen LogP contribution is 2.33. The minimum Gasteiger partial charge on any atom is -0.495 e. The molecule has 0 radical (unpaired) electrons. The number of likely N-dealkylation sites (N-methyl/N-ethyl adjacent to an activating group) is 1. The normalized spacial score (nSPS) is 11.3. The van der Waals surface area contributed by atoms with Crippen LogP contribution in [0.25, 0.3) is 0 Å². The number of carbonyl (C=O) groups excluding carboxylic acids is 1. The molecule has 0 saturated carbocycles. The van der Waals surface area contributed by atoms with E-state index in [2.05, 4.69) is 0 Å². The number of methoxy groups -OCH3 is 1. The fourth-order valence-corrected chi connectivity index (χ4v) is 1.93. The number of ether oxygens (including phenoxy) is 2. The van der Waals surface area contributed by atoms with Crippen LogP contribution in [0.4, 0.5) is 16.2 Å². The van der Waals surface area contributed by atoms with E-state index in [1.54, 1.807) is 20.8 Å². The van der Waals surface area contributed by atoms with E-state index in [1.807, 2.05) is 19.0 Å². The Morgan fingerprint density at radius 2 is 1.88 bits per heavy atom. The first kappa shape index (κ1) is 19.7. The Morgan fingerprint density at radius 3 is 2.33 bits per heavy atom. The summed E-state index contributed by atoms with van der Waals surface area (Å²) < 4.78 is 10.7. The van der Waals surface area contributed by atoms with Crippen LogP contribution in [-0.2, 0) is 4.74 Å². The molecule has 0 spiro atoms. The van der Waals surface area contributed by atoms with Crippen molar-refractivity contribution in [3.05, 3.63) is 28.3 Å². The van der Waals surface area contributed by atoms with Crippen LogP contribution in [-0.4, -0.2) is 55.8 Å². The molecule has 0 unspecified atom stereocenters. The Balaban J connectivity index is 3.28. The molecule has 1 amide bonds. The first-order valence-electron chi connectivity index (χ1n) is 7.53. The smallest absolute Gasteiger partial charge is 0.414 e. The van der Waals surface area contributed by atoms with Crippen LogP contribution in [0.5, 0.6) is 5.75 Å². The van der Waals surface area contributed by atoms with Crippen LogP contribution in [0, 0.1) is 10.1 Å². The van der Waals surface area contributed by atoms with Crippen molar-refractivity contribution in [1.29, 1.82) is 0 Å². The first-order valence-corrected chi connectivity index (χ1v) is 7.53. The third-order valence-corrected chi connectivity index (χ3v) is 3.05. The van der Waals surface area contributed by atoms with Crippen LogP contribution in [0.3, 0.4) is 0 Å². The first-order chi connectivity index (χ1) is 11.0. The van der Waals surface area contributed by atoms with Crippen molar-refractivity contribution in [2.24, 2.45) is 0 Å². The number of nitro groups is 1. The predicted octanol–water partition coefficient (Wildman–Crippen LogP) is 2.91. The lowest BCUT2D eigenvalue weighted by Gasteiger charge is -2.29.